The summed E-state index contributed by atoms with van der Waals surface area (Å²) in [6.45, 7) is 7.23. The first kappa shape index (κ1) is 37.8. The van der Waals surface area contributed by atoms with Crippen molar-refractivity contribution in [3.8, 4) is 11.5 Å². The third-order valence-corrected chi connectivity index (χ3v) is 9.05. The zero-order valence-corrected chi connectivity index (χ0v) is 32.0. The standard InChI is InChI=1S/C43H41BrFN5O4/c1-5-52-37-25-32(40(45)38(26-37)53-29(2)3)27-49(36-23-21-31(22-24-36)41(46)48-54-30(4)51)42-47-39(44)28-50(42)43(33-15-9-6-10-16-33,34-17-11-7-12-18-34)35-19-13-8-14-20-35/h6-26,28-29H,5,27H2,1-4H3,(H2,46,48). The number of nitrogens with two attached hydrogens (primary N) is 1. The number of imidazole rings is 1. The van der Waals surface area contributed by atoms with Gasteiger partial charge in [-0.2, -0.15) is 0 Å². The van der Waals surface area contributed by atoms with Crippen LogP contribution in [0.3, 0.4) is 0 Å². The van der Waals surface area contributed by atoms with Crippen LogP contribution in [0.1, 0.15) is 55.5 Å². The maximum absolute atomic E-state index is 16.6. The summed E-state index contributed by atoms with van der Waals surface area (Å²) in [5.41, 5.74) is 9.67. The summed E-state index contributed by atoms with van der Waals surface area (Å²) in [7, 11) is 0. The van der Waals surface area contributed by atoms with Crippen LogP contribution in [-0.4, -0.2) is 34.1 Å². The van der Waals surface area contributed by atoms with Crippen molar-refractivity contribution in [1.29, 1.82) is 0 Å². The third kappa shape index (κ3) is 8.01. The Morgan fingerprint density at radius 3 is 1.96 bits per heavy atom. The van der Waals surface area contributed by atoms with Crippen LogP contribution in [0.5, 0.6) is 11.5 Å². The van der Waals surface area contributed by atoms with E-state index < -0.39 is 17.3 Å². The van der Waals surface area contributed by atoms with E-state index in [-0.39, 0.29) is 24.2 Å². The molecule has 0 bridgehead atoms. The van der Waals surface area contributed by atoms with Gasteiger partial charge < -0.3 is 24.9 Å². The van der Waals surface area contributed by atoms with Gasteiger partial charge in [-0.1, -0.05) is 96.2 Å². The highest BCUT2D eigenvalue weighted by molar-refractivity contribution is 9.10. The molecule has 0 aliphatic carbocycles. The Hall–Kier alpha value is -5.94. The van der Waals surface area contributed by atoms with Gasteiger partial charge in [-0.25, -0.2) is 14.2 Å². The van der Waals surface area contributed by atoms with Crippen molar-refractivity contribution >= 4 is 39.4 Å². The fraction of sp³-hybridized carbons (Fsp3) is 0.186. The molecule has 6 aromatic rings. The molecule has 54 heavy (non-hydrogen) atoms. The van der Waals surface area contributed by atoms with Crippen LogP contribution in [0.4, 0.5) is 16.0 Å². The van der Waals surface area contributed by atoms with Gasteiger partial charge in [0.2, 0.25) is 5.95 Å². The van der Waals surface area contributed by atoms with Gasteiger partial charge in [0.05, 0.1) is 19.3 Å². The number of aromatic nitrogens is 2. The van der Waals surface area contributed by atoms with E-state index in [9.17, 15) is 4.79 Å². The number of halogens is 2. The van der Waals surface area contributed by atoms with E-state index in [1.54, 1.807) is 24.3 Å². The van der Waals surface area contributed by atoms with E-state index >= 15 is 4.39 Å². The van der Waals surface area contributed by atoms with Gasteiger partial charge >= 0.3 is 5.97 Å². The Kier molecular flexibility index (Phi) is 11.8. The second kappa shape index (κ2) is 16.8. The highest BCUT2D eigenvalue weighted by Crippen LogP contribution is 2.45. The van der Waals surface area contributed by atoms with Gasteiger partial charge in [-0.05, 0) is 83.7 Å². The van der Waals surface area contributed by atoms with Crippen LogP contribution in [0.15, 0.2) is 143 Å². The maximum atomic E-state index is 16.6. The lowest BCUT2D eigenvalue weighted by atomic mass is 9.76. The van der Waals surface area contributed by atoms with E-state index in [2.05, 4.69) is 62.1 Å². The maximum Gasteiger partial charge on any atom is 0.332 e. The third-order valence-electron chi connectivity index (χ3n) is 8.67. The SMILES string of the molecule is CCOc1cc(CN(c2ccc(C(N)=NOC(C)=O)cc2)c2nc(Br)cn2C(c2ccccc2)(c2ccccc2)c2ccccc2)c(F)c(OC(C)C)c1. The van der Waals surface area contributed by atoms with Crippen molar-refractivity contribution in [2.45, 2.75) is 45.9 Å². The van der Waals surface area contributed by atoms with Crippen LogP contribution >= 0.6 is 15.9 Å². The van der Waals surface area contributed by atoms with Crippen LogP contribution in [0, 0.1) is 5.82 Å². The molecule has 11 heteroatoms. The molecule has 0 radical (unpaired) electrons. The normalized spacial score (nSPS) is 11.7. The lowest BCUT2D eigenvalue weighted by Crippen LogP contribution is -2.39. The zero-order valence-electron chi connectivity index (χ0n) is 30.4. The molecule has 0 atom stereocenters. The number of carbonyl (C=O) groups excluding carboxylic acids is 1. The van der Waals surface area contributed by atoms with Gasteiger partial charge in [-0.3, -0.25) is 4.57 Å². The Morgan fingerprint density at radius 1 is 0.907 bits per heavy atom. The summed E-state index contributed by atoms with van der Waals surface area (Å²) in [4.78, 5) is 23.2. The van der Waals surface area contributed by atoms with Crippen molar-refractivity contribution in [1.82, 2.24) is 9.55 Å². The lowest BCUT2D eigenvalue weighted by molar-refractivity contribution is -0.140. The number of carbonyl (C=O) groups is 1. The molecule has 0 saturated heterocycles. The number of oxime groups is 1. The quantitative estimate of drug-likeness (QED) is 0.0386. The molecule has 2 N–H and O–H groups in total. The van der Waals surface area contributed by atoms with E-state index in [0.29, 0.717) is 39.7 Å². The minimum atomic E-state index is -0.949. The van der Waals surface area contributed by atoms with Crippen molar-refractivity contribution in [2.24, 2.45) is 10.9 Å². The molecule has 5 aromatic carbocycles. The van der Waals surface area contributed by atoms with Crippen molar-refractivity contribution in [2.75, 3.05) is 11.5 Å². The van der Waals surface area contributed by atoms with Gasteiger partial charge in [0.25, 0.3) is 0 Å². The number of benzene rings is 5. The first-order valence-electron chi connectivity index (χ1n) is 17.5. The van der Waals surface area contributed by atoms with E-state index in [0.717, 1.165) is 16.7 Å². The average Bonchev–Trinajstić information content (AvgIpc) is 3.57. The highest BCUT2D eigenvalue weighted by atomic mass is 79.9. The monoisotopic (exact) mass is 789 g/mol. The van der Waals surface area contributed by atoms with Crippen LogP contribution in [-0.2, 0) is 21.7 Å². The number of hydrogen-bond acceptors (Lipinski definition) is 7. The Bertz CT molecular complexity index is 2120. The Morgan fingerprint density at radius 2 is 1.46 bits per heavy atom. The molecule has 276 valence electrons. The number of ether oxygens (including phenoxy) is 2. The lowest BCUT2D eigenvalue weighted by Gasteiger charge is -2.40. The first-order valence-corrected chi connectivity index (χ1v) is 18.3. The van der Waals surface area contributed by atoms with Crippen molar-refractivity contribution < 1.29 is 23.5 Å². The topological polar surface area (TPSA) is 104 Å². The number of anilines is 2. The molecule has 0 unspecified atom stereocenters. The summed E-state index contributed by atoms with van der Waals surface area (Å²) < 4.78 is 31.1. The van der Waals surface area contributed by atoms with E-state index in [1.807, 2.05) is 98.6 Å². The highest BCUT2D eigenvalue weighted by Gasteiger charge is 2.41. The minimum Gasteiger partial charge on any atom is -0.494 e. The molecule has 6 rings (SSSR count). The summed E-state index contributed by atoms with van der Waals surface area (Å²) in [5.74, 6) is -0.00775. The molecule has 0 fully saturated rings. The largest absolute Gasteiger partial charge is 0.494 e. The molecule has 0 spiro atoms. The van der Waals surface area contributed by atoms with Gasteiger partial charge in [0, 0.05) is 36.0 Å². The molecule has 1 aromatic heterocycles. The number of hydrogen-bond donors (Lipinski definition) is 1. The fourth-order valence-corrected chi connectivity index (χ4v) is 6.86. The van der Waals surface area contributed by atoms with Crippen LogP contribution < -0.4 is 20.1 Å². The summed E-state index contributed by atoms with van der Waals surface area (Å²) in [5, 5.41) is 3.75. The molecule has 0 saturated carbocycles. The molecule has 1 heterocycles. The molecule has 0 aliphatic rings. The van der Waals surface area contributed by atoms with Gasteiger partial charge in [0.15, 0.2) is 17.4 Å². The average molecular weight is 791 g/mol. The van der Waals surface area contributed by atoms with Gasteiger partial charge in [0.1, 0.15) is 15.9 Å². The van der Waals surface area contributed by atoms with Crippen LogP contribution in [0.2, 0.25) is 0 Å². The van der Waals surface area contributed by atoms with E-state index in [4.69, 9.17) is 25.0 Å². The summed E-state index contributed by atoms with van der Waals surface area (Å²) in [6.07, 6.45) is 1.68. The first-order chi connectivity index (χ1) is 26.1. The number of nitrogens with zero attached hydrogens (tertiary/aromatic N) is 4. The smallest absolute Gasteiger partial charge is 0.332 e. The predicted octanol–water partition coefficient (Wildman–Crippen LogP) is 9.33. The summed E-state index contributed by atoms with van der Waals surface area (Å²) >= 11 is 3.72. The Labute approximate surface area is 322 Å². The number of amidine groups is 1. The fourth-order valence-electron chi connectivity index (χ4n) is 6.49. The van der Waals surface area contributed by atoms with E-state index in [1.165, 1.54) is 6.92 Å². The second-order valence-electron chi connectivity index (χ2n) is 12.7. The van der Waals surface area contributed by atoms with Crippen LogP contribution in [0.25, 0.3) is 0 Å². The molecular weight excluding hydrogens is 749 g/mol. The minimum absolute atomic E-state index is 0.0229. The molecular formula is C43H41BrFN5O4. The predicted molar refractivity (Wildman–Crippen MR) is 213 cm³/mol. The second-order valence-corrected chi connectivity index (χ2v) is 13.5. The molecule has 9 nitrogen and oxygen atoms in total. The van der Waals surface area contributed by atoms with Crippen molar-refractivity contribution in [3.63, 3.8) is 0 Å². The molecule has 0 amide bonds. The Balaban J connectivity index is 1.63. The number of rotatable bonds is 14. The van der Waals surface area contributed by atoms with Gasteiger partial charge in [-0.15, -0.1) is 0 Å². The summed E-state index contributed by atoms with van der Waals surface area (Å²) in [6, 6.07) is 41.1. The zero-order chi connectivity index (χ0) is 38.2. The molecule has 0 aliphatic heterocycles. The van der Waals surface area contributed by atoms with Crippen molar-refractivity contribution in [3.05, 3.63) is 172 Å².